The summed E-state index contributed by atoms with van der Waals surface area (Å²) in [5.41, 5.74) is 2.15. The summed E-state index contributed by atoms with van der Waals surface area (Å²) in [6.07, 6.45) is 2.05. The van der Waals surface area contributed by atoms with Crippen molar-refractivity contribution in [1.82, 2.24) is 5.32 Å². The van der Waals surface area contributed by atoms with Gasteiger partial charge in [0, 0.05) is 12.7 Å². The van der Waals surface area contributed by atoms with Crippen LogP contribution in [0.4, 0.5) is 5.69 Å². The molecule has 3 nitrogen and oxygen atoms in total. The molecule has 86 valence electrons. The Balaban J connectivity index is 2.11. The lowest BCUT2D eigenvalue weighted by Gasteiger charge is -2.21. The second-order valence-corrected chi connectivity index (χ2v) is 4.39. The van der Waals surface area contributed by atoms with Crippen LogP contribution in [0.1, 0.15) is 18.4 Å². The van der Waals surface area contributed by atoms with E-state index in [0.717, 1.165) is 25.1 Å². The van der Waals surface area contributed by atoms with E-state index in [-0.39, 0.29) is 11.9 Å². The summed E-state index contributed by atoms with van der Waals surface area (Å²) in [4.78, 5) is 13.9. The molecule has 1 amide bonds. The maximum Gasteiger partial charge on any atom is 0.243 e. The number of carbonyl (C=O) groups excluding carboxylic acids is 1. The summed E-state index contributed by atoms with van der Waals surface area (Å²) in [6.45, 7) is 2.99. The van der Waals surface area contributed by atoms with Crippen molar-refractivity contribution in [3.8, 4) is 0 Å². The minimum atomic E-state index is 0.00510. The van der Waals surface area contributed by atoms with Crippen LogP contribution in [0.3, 0.4) is 0 Å². The van der Waals surface area contributed by atoms with E-state index >= 15 is 0 Å². The average Bonchev–Trinajstić information content (AvgIpc) is 2.80. The number of amides is 1. The highest BCUT2D eigenvalue weighted by atomic mass is 16.2. The second kappa shape index (κ2) is 4.66. The van der Waals surface area contributed by atoms with Crippen LogP contribution in [0.2, 0.25) is 0 Å². The third-order valence-corrected chi connectivity index (χ3v) is 3.08. The Morgan fingerprint density at radius 2 is 2.31 bits per heavy atom. The Hall–Kier alpha value is -1.35. The molecule has 2 rings (SSSR count). The molecule has 0 aromatic heterocycles. The van der Waals surface area contributed by atoms with Gasteiger partial charge in [-0.15, -0.1) is 0 Å². The fraction of sp³-hybridized carbons (Fsp3) is 0.462. The molecule has 1 saturated heterocycles. The Bertz CT molecular complexity index is 383. The Morgan fingerprint density at radius 1 is 1.50 bits per heavy atom. The van der Waals surface area contributed by atoms with Gasteiger partial charge in [0.1, 0.15) is 0 Å². The minimum Gasteiger partial charge on any atom is -0.314 e. The normalized spacial score (nSPS) is 19.8. The number of benzene rings is 1. The van der Waals surface area contributed by atoms with Crippen LogP contribution in [-0.2, 0) is 4.79 Å². The van der Waals surface area contributed by atoms with Gasteiger partial charge in [-0.05, 0) is 44.0 Å². The van der Waals surface area contributed by atoms with Crippen molar-refractivity contribution in [2.45, 2.75) is 25.8 Å². The van der Waals surface area contributed by atoms with Gasteiger partial charge in [-0.1, -0.05) is 12.1 Å². The number of aryl methyl sites for hydroxylation is 1. The molecular weight excluding hydrogens is 200 g/mol. The van der Waals surface area contributed by atoms with Crippen LogP contribution >= 0.6 is 0 Å². The summed E-state index contributed by atoms with van der Waals surface area (Å²) in [6, 6.07) is 8.03. The largest absolute Gasteiger partial charge is 0.314 e. The van der Waals surface area contributed by atoms with Gasteiger partial charge in [-0.3, -0.25) is 4.79 Å². The molecule has 1 aliphatic heterocycles. The molecule has 1 fully saturated rings. The summed E-state index contributed by atoms with van der Waals surface area (Å²) in [5, 5.41) is 3.23. The molecule has 3 heteroatoms. The predicted octanol–water partition coefficient (Wildman–Crippen LogP) is 1.71. The molecule has 1 atom stereocenters. The number of nitrogens with zero attached hydrogens (tertiary/aromatic N) is 1. The maximum atomic E-state index is 12.1. The van der Waals surface area contributed by atoms with Gasteiger partial charge in [-0.2, -0.15) is 0 Å². The van der Waals surface area contributed by atoms with Crippen molar-refractivity contribution in [2.24, 2.45) is 0 Å². The first-order valence-corrected chi connectivity index (χ1v) is 5.76. The van der Waals surface area contributed by atoms with Gasteiger partial charge in [-0.25, -0.2) is 0 Å². The fourth-order valence-electron chi connectivity index (χ4n) is 2.09. The van der Waals surface area contributed by atoms with Gasteiger partial charge in [0.15, 0.2) is 0 Å². The number of hydrogen-bond donors (Lipinski definition) is 1. The van der Waals surface area contributed by atoms with E-state index in [1.165, 1.54) is 5.56 Å². The number of nitrogens with one attached hydrogen (secondary N) is 1. The lowest BCUT2D eigenvalue weighted by molar-refractivity contribution is -0.119. The third kappa shape index (κ3) is 2.25. The van der Waals surface area contributed by atoms with E-state index in [0.29, 0.717) is 0 Å². The van der Waals surface area contributed by atoms with Crippen LogP contribution in [0.15, 0.2) is 24.3 Å². The number of likely N-dealkylation sites (N-methyl/N-ethyl adjacent to an activating group) is 1. The van der Waals surface area contributed by atoms with E-state index in [1.807, 2.05) is 38.2 Å². The lowest BCUT2D eigenvalue weighted by atomic mass is 10.1. The molecule has 0 aliphatic carbocycles. The average molecular weight is 218 g/mol. The first-order valence-electron chi connectivity index (χ1n) is 5.76. The topological polar surface area (TPSA) is 32.3 Å². The number of carbonyl (C=O) groups is 1. The number of rotatable bonds is 2. The van der Waals surface area contributed by atoms with Gasteiger partial charge in [0.05, 0.1) is 6.04 Å². The molecule has 1 unspecified atom stereocenters. The zero-order valence-corrected chi connectivity index (χ0v) is 9.86. The molecule has 1 heterocycles. The monoisotopic (exact) mass is 218 g/mol. The lowest BCUT2D eigenvalue weighted by Crippen LogP contribution is -2.41. The summed E-state index contributed by atoms with van der Waals surface area (Å²) >= 11 is 0. The maximum absolute atomic E-state index is 12.1. The summed E-state index contributed by atoms with van der Waals surface area (Å²) < 4.78 is 0. The SMILES string of the molecule is Cc1cccc(N(C)C(=O)C2CCCN2)c1. The molecule has 0 radical (unpaired) electrons. The molecule has 1 aromatic rings. The molecule has 0 saturated carbocycles. The van der Waals surface area contributed by atoms with Crippen molar-refractivity contribution in [3.63, 3.8) is 0 Å². The minimum absolute atomic E-state index is 0.00510. The van der Waals surface area contributed by atoms with Crippen molar-refractivity contribution in [1.29, 1.82) is 0 Å². The number of anilines is 1. The summed E-state index contributed by atoms with van der Waals surface area (Å²) in [7, 11) is 1.84. The van der Waals surface area contributed by atoms with Crippen molar-refractivity contribution in [3.05, 3.63) is 29.8 Å². The van der Waals surface area contributed by atoms with Crippen molar-refractivity contribution in [2.75, 3.05) is 18.5 Å². The second-order valence-electron chi connectivity index (χ2n) is 4.39. The zero-order chi connectivity index (χ0) is 11.5. The van der Waals surface area contributed by atoms with Crippen molar-refractivity contribution >= 4 is 11.6 Å². The Kier molecular flexibility index (Phi) is 3.25. The van der Waals surface area contributed by atoms with Crippen LogP contribution in [0.25, 0.3) is 0 Å². The molecule has 1 aromatic carbocycles. The van der Waals surface area contributed by atoms with Gasteiger partial charge in [0.25, 0.3) is 0 Å². The van der Waals surface area contributed by atoms with Crippen LogP contribution in [0, 0.1) is 6.92 Å². The van der Waals surface area contributed by atoms with Gasteiger partial charge in [0.2, 0.25) is 5.91 Å². The number of hydrogen-bond acceptors (Lipinski definition) is 2. The van der Waals surface area contributed by atoms with Gasteiger partial charge >= 0.3 is 0 Å². The zero-order valence-electron chi connectivity index (χ0n) is 9.86. The quantitative estimate of drug-likeness (QED) is 0.819. The standard InChI is InChI=1S/C13H18N2O/c1-10-5-3-6-11(9-10)15(2)13(16)12-7-4-8-14-12/h3,5-6,9,12,14H,4,7-8H2,1-2H3. The third-order valence-electron chi connectivity index (χ3n) is 3.08. The smallest absolute Gasteiger partial charge is 0.243 e. The predicted molar refractivity (Wildman–Crippen MR) is 65.6 cm³/mol. The van der Waals surface area contributed by atoms with Crippen LogP contribution in [0.5, 0.6) is 0 Å². The molecule has 1 aliphatic rings. The van der Waals surface area contributed by atoms with E-state index < -0.39 is 0 Å². The summed E-state index contributed by atoms with van der Waals surface area (Å²) in [5.74, 6) is 0.170. The molecule has 0 bridgehead atoms. The van der Waals surface area contributed by atoms with E-state index in [4.69, 9.17) is 0 Å². The van der Waals surface area contributed by atoms with Crippen molar-refractivity contribution < 1.29 is 4.79 Å². The first-order chi connectivity index (χ1) is 7.68. The van der Waals surface area contributed by atoms with E-state index in [2.05, 4.69) is 5.32 Å². The van der Waals surface area contributed by atoms with E-state index in [1.54, 1.807) is 4.90 Å². The molecular formula is C13H18N2O. The molecule has 1 N–H and O–H groups in total. The van der Waals surface area contributed by atoms with Crippen LogP contribution < -0.4 is 10.2 Å². The highest BCUT2D eigenvalue weighted by molar-refractivity contribution is 5.96. The van der Waals surface area contributed by atoms with E-state index in [9.17, 15) is 4.79 Å². The fourth-order valence-corrected chi connectivity index (χ4v) is 2.09. The Labute approximate surface area is 96.5 Å². The Morgan fingerprint density at radius 3 is 2.94 bits per heavy atom. The molecule has 16 heavy (non-hydrogen) atoms. The van der Waals surface area contributed by atoms with Gasteiger partial charge < -0.3 is 10.2 Å². The van der Waals surface area contributed by atoms with Crippen LogP contribution in [-0.4, -0.2) is 25.5 Å². The highest BCUT2D eigenvalue weighted by Crippen LogP contribution is 2.17. The first kappa shape index (κ1) is 11.1. The highest BCUT2D eigenvalue weighted by Gasteiger charge is 2.25. The molecule has 0 spiro atoms.